The van der Waals surface area contributed by atoms with Crippen molar-refractivity contribution in [2.75, 3.05) is 11.5 Å². The van der Waals surface area contributed by atoms with Crippen molar-refractivity contribution >= 4 is 25.8 Å². The average molecular weight is 374 g/mol. The van der Waals surface area contributed by atoms with Crippen molar-refractivity contribution in [1.29, 1.82) is 0 Å². The first-order chi connectivity index (χ1) is 11.1. The van der Waals surface area contributed by atoms with Crippen molar-refractivity contribution in [3.05, 3.63) is 29.8 Å². The molecule has 0 saturated carbocycles. The Hall–Kier alpha value is -1.45. The van der Waals surface area contributed by atoms with Gasteiger partial charge in [-0.1, -0.05) is 13.0 Å². The first-order valence-electron chi connectivity index (χ1n) is 7.76. The van der Waals surface area contributed by atoms with Gasteiger partial charge in [0.2, 0.25) is 10.0 Å². The standard InChI is InChI=1S/C15H22N2O5S2/c1-3-11(2)16-15(18)12-5-4-6-14(9-12)24(21,22)17-13-7-8-23(19,20)10-13/h4-6,9,11,13,17H,3,7-8,10H2,1-2H3,(H,16,18)/t11-,13-/m1/s1. The molecule has 134 valence electrons. The van der Waals surface area contributed by atoms with Crippen molar-refractivity contribution in [3.63, 3.8) is 0 Å². The van der Waals surface area contributed by atoms with Crippen LogP contribution in [-0.2, 0) is 19.9 Å². The SMILES string of the molecule is CC[C@@H](C)NC(=O)c1cccc(S(=O)(=O)N[C@@H]2CCS(=O)(=O)C2)c1. The molecule has 2 rings (SSSR count). The summed E-state index contributed by atoms with van der Waals surface area (Å²) in [4.78, 5) is 12.1. The highest BCUT2D eigenvalue weighted by Crippen LogP contribution is 2.17. The molecule has 1 aromatic carbocycles. The number of sulfonamides is 1. The minimum Gasteiger partial charge on any atom is -0.350 e. The number of hydrogen-bond donors (Lipinski definition) is 2. The third-order valence-electron chi connectivity index (χ3n) is 3.95. The van der Waals surface area contributed by atoms with Crippen LogP contribution in [0.3, 0.4) is 0 Å². The zero-order chi connectivity index (χ0) is 18.0. The molecule has 2 atom stereocenters. The summed E-state index contributed by atoms with van der Waals surface area (Å²) in [7, 11) is -7.06. The van der Waals surface area contributed by atoms with Crippen LogP contribution in [-0.4, -0.2) is 46.3 Å². The number of hydrogen-bond acceptors (Lipinski definition) is 5. The highest BCUT2D eigenvalue weighted by atomic mass is 32.2. The van der Waals surface area contributed by atoms with Crippen LogP contribution < -0.4 is 10.0 Å². The fourth-order valence-corrected chi connectivity index (χ4v) is 5.48. The van der Waals surface area contributed by atoms with Crippen LogP contribution in [0.1, 0.15) is 37.0 Å². The summed E-state index contributed by atoms with van der Waals surface area (Å²) in [6.45, 7) is 3.80. The molecule has 0 bridgehead atoms. The van der Waals surface area contributed by atoms with E-state index in [9.17, 15) is 21.6 Å². The molecule has 0 aromatic heterocycles. The molecule has 7 nitrogen and oxygen atoms in total. The van der Waals surface area contributed by atoms with E-state index < -0.39 is 25.9 Å². The van der Waals surface area contributed by atoms with Crippen LogP contribution >= 0.6 is 0 Å². The van der Waals surface area contributed by atoms with Crippen molar-refractivity contribution < 1.29 is 21.6 Å². The Kier molecular flexibility index (Phi) is 5.67. The highest BCUT2D eigenvalue weighted by Gasteiger charge is 2.31. The molecular formula is C15H22N2O5S2. The largest absolute Gasteiger partial charge is 0.350 e. The molecule has 24 heavy (non-hydrogen) atoms. The van der Waals surface area contributed by atoms with Gasteiger partial charge in [0.05, 0.1) is 16.4 Å². The molecule has 9 heteroatoms. The summed E-state index contributed by atoms with van der Waals surface area (Å²) in [5.74, 6) is -0.553. The molecule has 0 spiro atoms. The summed E-state index contributed by atoms with van der Waals surface area (Å²) in [6.07, 6.45) is 1.02. The maximum absolute atomic E-state index is 12.4. The Balaban J connectivity index is 2.16. The first kappa shape index (κ1) is 18.9. The van der Waals surface area contributed by atoms with Gasteiger partial charge < -0.3 is 5.32 Å². The van der Waals surface area contributed by atoms with Gasteiger partial charge in [-0.2, -0.15) is 0 Å². The summed E-state index contributed by atoms with van der Waals surface area (Å²) in [5, 5.41) is 2.77. The summed E-state index contributed by atoms with van der Waals surface area (Å²) in [6, 6.07) is 5.06. The molecule has 1 heterocycles. The monoisotopic (exact) mass is 374 g/mol. The van der Waals surface area contributed by atoms with E-state index in [1.807, 2.05) is 13.8 Å². The summed E-state index contributed by atoms with van der Waals surface area (Å²) < 4.78 is 50.1. The van der Waals surface area contributed by atoms with Crippen molar-refractivity contribution in [2.24, 2.45) is 0 Å². The van der Waals surface area contributed by atoms with Crippen LogP contribution in [0.25, 0.3) is 0 Å². The lowest BCUT2D eigenvalue weighted by Gasteiger charge is -2.14. The number of nitrogens with one attached hydrogen (secondary N) is 2. The topological polar surface area (TPSA) is 109 Å². The van der Waals surface area contributed by atoms with Crippen LogP contribution in [0.4, 0.5) is 0 Å². The van der Waals surface area contributed by atoms with Crippen molar-refractivity contribution in [3.8, 4) is 0 Å². The number of rotatable bonds is 6. The number of carbonyl (C=O) groups excluding carboxylic acids is 1. The van der Waals surface area contributed by atoms with E-state index >= 15 is 0 Å². The van der Waals surface area contributed by atoms with E-state index in [0.29, 0.717) is 0 Å². The third kappa shape index (κ3) is 4.78. The molecule has 1 saturated heterocycles. The van der Waals surface area contributed by atoms with Crippen LogP contribution in [0, 0.1) is 0 Å². The lowest BCUT2D eigenvalue weighted by Crippen LogP contribution is -2.36. The molecule has 1 aromatic rings. The van der Waals surface area contributed by atoms with Gasteiger partial charge in [-0.25, -0.2) is 21.6 Å². The van der Waals surface area contributed by atoms with Gasteiger partial charge in [-0.05, 0) is 38.0 Å². The molecule has 0 aliphatic carbocycles. The second-order valence-corrected chi connectivity index (χ2v) is 9.97. The third-order valence-corrected chi connectivity index (χ3v) is 7.24. The van der Waals surface area contributed by atoms with Gasteiger partial charge in [0, 0.05) is 17.6 Å². The summed E-state index contributed by atoms with van der Waals surface area (Å²) >= 11 is 0. The van der Waals surface area contributed by atoms with Crippen molar-refractivity contribution in [1.82, 2.24) is 10.0 Å². The molecular weight excluding hydrogens is 352 g/mol. The predicted molar refractivity (Wildman–Crippen MR) is 91.0 cm³/mol. The molecule has 0 radical (unpaired) electrons. The van der Waals surface area contributed by atoms with E-state index in [1.165, 1.54) is 24.3 Å². The molecule has 1 fully saturated rings. The fraction of sp³-hybridized carbons (Fsp3) is 0.533. The van der Waals surface area contributed by atoms with E-state index in [1.54, 1.807) is 0 Å². The lowest BCUT2D eigenvalue weighted by atomic mass is 10.2. The Labute approximate surface area is 142 Å². The Morgan fingerprint density at radius 1 is 1.38 bits per heavy atom. The molecule has 0 unspecified atom stereocenters. The molecule has 1 aliphatic heterocycles. The first-order valence-corrected chi connectivity index (χ1v) is 11.1. The van der Waals surface area contributed by atoms with Gasteiger partial charge in [0.25, 0.3) is 5.91 Å². The fourth-order valence-electron chi connectivity index (χ4n) is 2.39. The van der Waals surface area contributed by atoms with E-state index in [0.717, 1.165) is 6.42 Å². The van der Waals surface area contributed by atoms with Gasteiger partial charge in [0.15, 0.2) is 9.84 Å². The Morgan fingerprint density at radius 3 is 2.67 bits per heavy atom. The van der Waals surface area contributed by atoms with Crippen molar-refractivity contribution in [2.45, 2.75) is 43.7 Å². The van der Waals surface area contributed by atoms with E-state index in [-0.39, 0.29) is 40.3 Å². The molecule has 1 aliphatic rings. The van der Waals surface area contributed by atoms with Gasteiger partial charge in [-0.3, -0.25) is 4.79 Å². The maximum Gasteiger partial charge on any atom is 0.251 e. The van der Waals surface area contributed by atoms with Crippen LogP contribution in [0.15, 0.2) is 29.2 Å². The average Bonchev–Trinajstić information content (AvgIpc) is 2.85. The van der Waals surface area contributed by atoms with E-state index in [4.69, 9.17) is 0 Å². The lowest BCUT2D eigenvalue weighted by molar-refractivity contribution is 0.0939. The van der Waals surface area contributed by atoms with Crippen LogP contribution in [0.5, 0.6) is 0 Å². The molecule has 1 amide bonds. The highest BCUT2D eigenvalue weighted by molar-refractivity contribution is 7.92. The zero-order valence-corrected chi connectivity index (χ0v) is 15.3. The minimum atomic E-state index is -3.88. The predicted octanol–water partition coefficient (Wildman–Crippen LogP) is 0.680. The number of amides is 1. The number of carbonyl (C=O) groups is 1. The number of benzene rings is 1. The minimum absolute atomic E-state index is 0.0143. The molecule has 2 N–H and O–H groups in total. The number of sulfone groups is 1. The zero-order valence-electron chi connectivity index (χ0n) is 13.7. The smallest absolute Gasteiger partial charge is 0.251 e. The van der Waals surface area contributed by atoms with Gasteiger partial charge in [-0.15, -0.1) is 0 Å². The summed E-state index contributed by atoms with van der Waals surface area (Å²) in [5.41, 5.74) is 0.247. The second kappa shape index (κ2) is 7.20. The van der Waals surface area contributed by atoms with Crippen LogP contribution in [0.2, 0.25) is 0 Å². The van der Waals surface area contributed by atoms with Gasteiger partial charge in [0.1, 0.15) is 0 Å². The van der Waals surface area contributed by atoms with E-state index in [2.05, 4.69) is 10.0 Å². The second-order valence-electron chi connectivity index (χ2n) is 6.03. The Morgan fingerprint density at radius 2 is 2.08 bits per heavy atom. The Bertz CT molecular complexity index is 818. The quantitative estimate of drug-likeness (QED) is 0.761. The maximum atomic E-state index is 12.4. The van der Waals surface area contributed by atoms with Gasteiger partial charge >= 0.3 is 0 Å². The normalized spacial score (nSPS) is 21.3.